The Labute approximate surface area is 142 Å². The van der Waals surface area contributed by atoms with Gasteiger partial charge in [0.05, 0.1) is 7.11 Å². The van der Waals surface area contributed by atoms with E-state index in [0.717, 1.165) is 31.7 Å². The number of methoxy groups -OCH3 is 1. The Balaban J connectivity index is 1.56. The number of likely N-dealkylation sites (tertiary alicyclic amines) is 1. The first-order chi connectivity index (χ1) is 11.8. The van der Waals surface area contributed by atoms with Gasteiger partial charge in [0.15, 0.2) is 0 Å². The zero-order chi connectivity index (χ0) is 16.8. The summed E-state index contributed by atoms with van der Waals surface area (Å²) in [7, 11) is 1.73. The zero-order valence-electron chi connectivity index (χ0n) is 14.2. The van der Waals surface area contributed by atoms with Crippen molar-refractivity contribution in [3.05, 3.63) is 58.3 Å². The summed E-state index contributed by atoms with van der Waals surface area (Å²) in [6, 6.07) is 8.25. The van der Waals surface area contributed by atoms with E-state index in [-0.39, 0.29) is 5.56 Å². The molecule has 0 saturated carbocycles. The minimum atomic E-state index is -0.0753. The molecule has 1 aromatic carbocycles. The van der Waals surface area contributed by atoms with Crippen LogP contribution in [0.5, 0.6) is 5.75 Å². The minimum Gasteiger partial charge on any atom is -0.496 e. The third-order valence-electron chi connectivity index (χ3n) is 4.77. The molecule has 1 atom stereocenters. The van der Waals surface area contributed by atoms with Crippen LogP contribution < -0.4 is 10.3 Å². The van der Waals surface area contributed by atoms with Crippen molar-refractivity contribution in [2.45, 2.75) is 32.2 Å². The first-order valence-corrected chi connectivity index (χ1v) is 8.63. The van der Waals surface area contributed by atoms with Gasteiger partial charge in [-0.2, -0.15) is 0 Å². The van der Waals surface area contributed by atoms with Gasteiger partial charge in [0.1, 0.15) is 11.4 Å². The molecule has 5 nitrogen and oxygen atoms in total. The van der Waals surface area contributed by atoms with Crippen molar-refractivity contribution < 1.29 is 4.74 Å². The molecular weight excluding hydrogens is 302 g/mol. The standard InChI is InChI=1S/C19H25N3O2/c1-24-18-7-3-2-6-16(18)9-8-15-5-4-12-22(13-15)14-17-19(23)21-11-10-20-17/h2-3,6-7,10-11,15H,4-5,8-9,12-14H2,1H3,(H,21,23). The van der Waals surface area contributed by atoms with Gasteiger partial charge in [-0.1, -0.05) is 18.2 Å². The number of aromatic amines is 1. The Morgan fingerprint density at radius 2 is 2.25 bits per heavy atom. The molecule has 2 aromatic rings. The van der Waals surface area contributed by atoms with Crippen molar-refractivity contribution in [3.8, 4) is 5.75 Å². The lowest BCUT2D eigenvalue weighted by molar-refractivity contribution is 0.159. The molecule has 2 heterocycles. The second-order valence-electron chi connectivity index (χ2n) is 6.46. The van der Waals surface area contributed by atoms with E-state index < -0.39 is 0 Å². The van der Waals surface area contributed by atoms with Crippen LogP contribution >= 0.6 is 0 Å². The van der Waals surface area contributed by atoms with Gasteiger partial charge in [-0.3, -0.25) is 14.7 Å². The molecule has 24 heavy (non-hydrogen) atoms. The van der Waals surface area contributed by atoms with Crippen molar-refractivity contribution in [1.82, 2.24) is 14.9 Å². The van der Waals surface area contributed by atoms with Crippen molar-refractivity contribution in [2.24, 2.45) is 5.92 Å². The highest BCUT2D eigenvalue weighted by atomic mass is 16.5. The van der Waals surface area contributed by atoms with Crippen LogP contribution in [-0.4, -0.2) is 35.1 Å². The normalized spacial score (nSPS) is 18.5. The number of aromatic nitrogens is 2. The molecule has 0 spiro atoms. The van der Waals surface area contributed by atoms with E-state index in [9.17, 15) is 4.79 Å². The van der Waals surface area contributed by atoms with E-state index in [1.165, 1.54) is 18.4 Å². The summed E-state index contributed by atoms with van der Waals surface area (Å²) in [5.74, 6) is 1.64. The molecule has 0 radical (unpaired) electrons. The quantitative estimate of drug-likeness (QED) is 0.886. The summed E-state index contributed by atoms with van der Waals surface area (Å²) in [6.45, 7) is 2.72. The fraction of sp³-hybridized carbons (Fsp3) is 0.474. The smallest absolute Gasteiger partial charge is 0.270 e. The summed E-state index contributed by atoms with van der Waals surface area (Å²) >= 11 is 0. The van der Waals surface area contributed by atoms with Crippen molar-refractivity contribution in [3.63, 3.8) is 0 Å². The Bertz CT molecular complexity index is 714. The fourth-order valence-electron chi connectivity index (χ4n) is 3.51. The molecule has 0 amide bonds. The monoisotopic (exact) mass is 327 g/mol. The van der Waals surface area contributed by atoms with Gasteiger partial charge < -0.3 is 9.72 Å². The largest absolute Gasteiger partial charge is 0.496 e. The highest BCUT2D eigenvalue weighted by molar-refractivity contribution is 5.33. The number of nitrogens with zero attached hydrogens (tertiary/aromatic N) is 2. The van der Waals surface area contributed by atoms with E-state index in [1.54, 1.807) is 19.5 Å². The lowest BCUT2D eigenvalue weighted by atomic mass is 9.91. The Morgan fingerprint density at radius 1 is 1.38 bits per heavy atom. The van der Waals surface area contributed by atoms with Gasteiger partial charge in [0.25, 0.3) is 5.56 Å². The van der Waals surface area contributed by atoms with Crippen LogP contribution in [0.3, 0.4) is 0 Å². The number of aryl methyl sites for hydroxylation is 1. The first kappa shape index (κ1) is 16.7. The topological polar surface area (TPSA) is 58.2 Å². The van der Waals surface area contributed by atoms with Gasteiger partial charge in [0, 0.05) is 25.5 Å². The Kier molecular flexibility index (Phi) is 5.64. The summed E-state index contributed by atoms with van der Waals surface area (Å²) < 4.78 is 5.44. The minimum absolute atomic E-state index is 0.0753. The van der Waals surface area contributed by atoms with Gasteiger partial charge in [-0.05, 0) is 49.8 Å². The Hall–Kier alpha value is -2.14. The SMILES string of the molecule is COc1ccccc1CCC1CCCN(Cc2ncc[nH]c2=O)C1. The van der Waals surface area contributed by atoms with Gasteiger partial charge in [-0.15, -0.1) is 0 Å². The second kappa shape index (κ2) is 8.11. The van der Waals surface area contributed by atoms with Crippen LogP contribution in [0.25, 0.3) is 0 Å². The van der Waals surface area contributed by atoms with Crippen molar-refractivity contribution in [2.75, 3.05) is 20.2 Å². The number of rotatable bonds is 6. The molecule has 1 unspecified atom stereocenters. The third kappa shape index (κ3) is 4.23. The van der Waals surface area contributed by atoms with Gasteiger partial charge in [-0.25, -0.2) is 0 Å². The highest BCUT2D eigenvalue weighted by Crippen LogP contribution is 2.25. The van der Waals surface area contributed by atoms with Crippen LogP contribution in [0.2, 0.25) is 0 Å². The zero-order valence-corrected chi connectivity index (χ0v) is 14.2. The lowest BCUT2D eigenvalue weighted by Crippen LogP contribution is -2.37. The molecule has 128 valence electrons. The number of hydrogen-bond acceptors (Lipinski definition) is 4. The van der Waals surface area contributed by atoms with Crippen LogP contribution in [0.15, 0.2) is 41.5 Å². The predicted octanol–water partition coefficient (Wildman–Crippen LogP) is 2.62. The van der Waals surface area contributed by atoms with Gasteiger partial charge in [0.2, 0.25) is 0 Å². The van der Waals surface area contributed by atoms with Crippen molar-refractivity contribution in [1.29, 1.82) is 0 Å². The highest BCUT2D eigenvalue weighted by Gasteiger charge is 2.21. The number of para-hydroxylation sites is 1. The molecular formula is C19H25N3O2. The second-order valence-corrected chi connectivity index (χ2v) is 6.46. The van der Waals surface area contributed by atoms with E-state index in [4.69, 9.17) is 4.74 Å². The molecule has 1 aliphatic rings. The number of H-pyrrole nitrogens is 1. The summed E-state index contributed by atoms with van der Waals surface area (Å²) in [4.78, 5) is 21.1. The number of hydrogen-bond donors (Lipinski definition) is 1. The molecule has 0 aliphatic carbocycles. The van der Waals surface area contributed by atoms with Crippen LogP contribution in [-0.2, 0) is 13.0 Å². The molecule has 5 heteroatoms. The molecule has 0 bridgehead atoms. The lowest BCUT2D eigenvalue weighted by Gasteiger charge is -2.32. The average Bonchev–Trinajstić information content (AvgIpc) is 2.62. The number of benzene rings is 1. The van der Waals surface area contributed by atoms with Gasteiger partial charge >= 0.3 is 0 Å². The van der Waals surface area contributed by atoms with Crippen molar-refractivity contribution >= 4 is 0 Å². The predicted molar refractivity (Wildman–Crippen MR) is 94.2 cm³/mol. The van der Waals surface area contributed by atoms with E-state index in [2.05, 4.69) is 27.0 Å². The van der Waals surface area contributed by atoms with E-state index in [0.29, 0.717) is 18.2 Å². The average molecular weight is 327 g/mol. The number of nitrogens with one attached hydrogen (secondary N) is 1. The maximum Gasteiger partial charge on any atom is 0.270 e. The van der Waals surface area contributed by atoms with E-state index >= 15 is 0 Å². The summed E-state index contributed by atoms with van der Waals surface area (Å²) in [5.41, 5.74) is 1.81. The Morgan fingerprint density at radius 3 is 3.08 bits per heavy atom. The van der Waals surface area contributed by atoms with E-state index in [1.807, 2.05) is 12.1 Å². The molecule has 1 aromatic heterocycles. The molecule has 1 fully saturated rings. The molecule has 3 rings (SSSR count). The summed E-state index contributed by atoms with van der Waals surface area (Å²) in [6.07, 6.45) is 7.85. The number of ether oxygens (including phenoxy) is 1. The fourth-order valence-corrected chi connectivity index (χ4v) is 3.51. The third-order valence-corrected chi connectivity index (χ3v) is 4.77. The number of piperidine rings is 1. The maximum absolute atomic E-state index is 11.8. The van der Waals surface area contributed by atoms with Crippen LogP contribution in [0, 0.1) is 5.92 Å². The maximum atomic E-state index is 11.8. The first-order valence-electron chi connectivity index (χ1n) is 8.63. The summed E-state index contributed by atoms with van der Waals surface area (Å²) in [5, 5.41) is 0. The molecule has 1 N–H and O–H groups in total. The van der Waals surface area contributed by atoms with Crippen LogP contribution in [0.1, 0.15) is 30.5 Å². The molecule has 1 saturated heterocycles. The van der Waals surface area contributed by atoms with Crippen LogP contribution in [0.4, 0.5) is 0 Å². The molecule has 1 aliphatic heterocycles.